The molecule has 16 heavy (non-hydrogen) atoms. The lowest BCUT2D eigenvalue weighted by atomic mass is 10.1. The number of nitrogens with zero attached hydrogens (tertiary/aromatic N) is 1. The molecule has 0 unspecified atom stereocenters. The molecule has 1 aromatic rings. The van der Waals surface area contributed by atoms with E-state index < -0.39 is 0 Å². The van der Waals surface area contributed by atoms with E-state index in [0.29, 0.717) is 0 Å². The van der Waals surface area contributed by atoms with Crippen molar-refractivity contribution in [1.29, 1.82) is 0 Å². The zero-order chi connectivity index (χ0) is 11.9. The third-order valence-electron chi connectivity index (χ3n) is 2.27. The molecule has 1 heterocycles. The van der Waals surface area contributed by atoms with Crippen LogP contribution in [0.3, 0.4) is 0 Å². The molecular formula is C13H23N3. The molecule has 0 aliphatic carbocycles. The molecule has 0 fully saturated rings. The molecule has 3 nitrogen and oxygen atoms in total. The standard InChI is InChI=1S/C13H23N3/c1-13(2,3)16-10-9-14-8-6-12-5-4-7-15-11-12/h4-5,7,11,14,16H,6,8-10H2,1-3H3. The minimum Gasteiger partial charge on any atom is -0.315 e. The lowest BCUT2D eigenvalue weighted by Crippen LogP contribution is -2.40. The van der Waals surface area contributed by atoms with Gasteiger partial charge in [-0.3, -0.25) is 4.98 Å². The summed E-state index contributed by atoms with van der Waals surface area (Å²) in [5.41, 5.74) is 1.50. The van der Waals surface area contributed by atoms with Crippen LogP contribution in [-0.2, 0) is 6.42 Å². The highest BCUT2D eigenvalue weighted by molar-refractivity contribution is 5.08. The summed E-state index contributed by atoms with van der Waals surface area (Å²) >= 11 is 0. The molecule has 2 N–H and O–H groups in total. The van der Waals surface area contributed by atoms with E-state index in [2.05, 4.69) is 42.5 Å². The minimum atomic E-state index is 0.213. The van der Waals surface area contributed by atoms with Crippen LogP contribution >= 0.6 is 0 Å². The molecule has 0 aliphatic heterocycles. The summed E-state index contributed by atoms with van der Waals surface area (Å²) in [5, 5.41) is 6.86. The molecule has 90 valence electrons. The van der Waals surface area contributed by atoms with Gasteiger partial charge >= 0.3 is 0 Å². The van der Waals surface area contributed by atoms with Crippen molar-refractivity contribution in [2.45, 2.75) is 32.7 Å². The van der Waals surface area contributed by atoms with Crippen LogP contribution in [-0.4, -0.2) is 30.2 Å². The predicted molar refractivity (Wildman–Crippen MR) is 68.6 cm³/mol. The Hall–Kier alpha value is -0.930. The fourth-order valence-corrected chi connectivity index (χ4v) is 1.43. The quantitative estimate of drug-likeness (QED) is 0.717. The highest BCUT2D eigenvalue weighted by Crippen LogP contribution is 1.97. The third kappa shape index (κ3) is 6.53. The predicted octanol–water partition coefficient (Wildman–Crippen LogP) is 1.60. The fourth-order valence-electron chi connectivity index (χ4n) is 1.43. The Morgan fingerprint density at radius 3 is 2.62 bits per heavy atom. The molecule has 0 amide bonds. The van der Waals surface area contributed by atoms with Crippen molar-refractivity contribution >= 4 is 0 Å². The highest BCUT2D eigenvalue weighted by atomic mass is 15.0. The van der Waals surface area contributed by atoms with Crippen LogP contribution in [0.1, 0.15) is 26.3 Å². The highest BCUT2D eigenvalue weighted by Gasteiger charge is 2.06. The molecule has 3 heteroatoms. The monoisotopic (exact) mass is 221 g/mol. The van der Waals surface area contributed by atoms with Gasteiger partial charge in [-0.2, -0.15) is 0 Å². The van der Waals surface area contributed by atoms with E-state index in [0.717, 1.165) is 26.1 Å². The zero-order valence-corrected chi connectivity index (χ0v) is 10.6. The van der Waals surface area contributed by atoms with Crippen molar-refractivity contribution in [3.63, 3.8) is 0 Å². The van der Waals surface area contributed by atoms with Crippen LogP contribution in [0.5, 0.6) is 0 Å². The van der Waals surface area contributed by atoms with E-state index in [-0.39, 0.29) is 5.54 Å². The van der Waals surface area contributed by atoms with Gasteiger partial charge in [0.05, 0.1) is 0 Å². The Morgan fingerprint density at radius 2 is 2.00 bits per heavy atom. The van der Waals surface area contributed by atoms with Crippen molar-refractivity contribution < 1.29 is 0 Å². The van der Waals surface area contributed by atoms with E-state index >= 15 is 0 Å². The van der Waals surface area contributed by atoms with Gasteiger partial charge in [0.1, 0.15) is 0 Å². The summed E-state index contributed by atoms with van der Waals surface area (Å²) in [6.07, 6.45) is 4.78. The van der Waals surface area contributed by atoms with Gasteiger partial charge in [-0.05, 0) is 45.4 Å². The molecular weight excluding hydrogens is 198 g/mol. The van der Waals surface area contributed by atoms with Crippen molar-refractivity contribution in [1.82, 2.24) is 15.6 Å². The second-order valence-corrected chi connectivity index (χ2v) is 5.04. The number of aromatic nitrogens is 1. The van der Waals surface area contributed by atoms with Gasteiger partial charge in [-0.15, -0.1) is 0 Å². The average molecular weight is 221 g/mol. The van der Waals surface area contributed by atoms with Crippen molar-refractivity contribution in [2.24, 2.45) is 0 Å². The average Bonchev–Trinajstić information content (AvgIpc) is 2.23. The van der Waals surface area contributed by atoms with E-state index in [1.165, 1.54) is 5.56 Å². The molecule has 1 rings (SSSR count). The number of hydrogen-bond donors (Lipinski definition) is 2. The molecule has 0 aromatic carbocycles. The summed E-state index contributed by atoms with van der Waals surface area (Å²) in [7, 11) is 0. The smallest absolute Gasteiger partial charge is 0.0300 e. The first kappa shape index (κ1) is 13.1. The molecule has 0 spiro atoms. The second-order valence-electron chi connectivity index (χ2n) is 5.04. The summed E-state index contributed by atoms with van der Waals surface area (Å²) in [6.45, 7) is 9.58. The molecule has 0 aliphatic rings. The van der Waals surface area contributed by atoms with Crippen molar-refractivity contribution in [3.8, 4) is 0 Å². The maximum absolute atomic E-state index is 4.09. The second kappa shape index (κ2) is 6.61. The molecule has 0 radical (unpaired) electrons. The Balaban J connectivity index is 2.01. The van der Waals surface area contributed by atoms with Crippen LogP contribution in [0, 0.1) is 0 Å². The van der Waals surface area contributed by atoms with Gasteiger partial charge in [0.2, 0.25) is 0 Å². The fraction of sp³-hybridized carbons (Fsp3) is 0.615. The lowest BCUT2D eigenvalue weighted by molar-refractivity contribution is 0.422. The number of pyridine rings is 1. The Morgan fingerprint density at radius 1 is 1.19 bits per heavy atom. The normalized spacial score (nSPS) is 11.7. The van der Waals surface area contributed by atoms with Gasteiger partial charge in [-0.1, -0.05) is 6.07 Å². The van der Waals surface area contributed by atoms with Gasteiger partial charge in [0.25, 0.3) is 0 Å². The van der Waals surface area contributed by atoms with E-state index in [1.807, 2.05) is 18.5 Å². The zero-order valence-electron chi connectivity index (χ0n) is 10.6. The number of nitrogens with one attached hydrogen (secondary N) is 2. The minimum absolute atomic E-state index is 0.213. The van der Waals surface area contributed by atoms with E-state index in [4.69, 9.17) is 0 Å². The molecule has 0 saturated heterocycles. The largest absolute Gasteiger partial charge is 0.315 e. The van der Waals surface area contributed by atoms with Crippen LogP contribution in [0.25, 0.3) is 0 Å². The molecule has 0 atom stereocenters. The summed E-state index contributed by atoms with van der Waals surface area (Å²) < 4.78 is 0. The first-order valence-electron chi connectivity index (χ1n) is 5.92. The maximum Gasteiger partial charge on any atom is 0.0300 e. The topological polar surface area (TPSA) is 37.0 Å². The van der Waals surface area contributed by atoms with E-state index in [1.54, 1.807) is 0 Å². The lowest BCUT2D eigenvalue weighted by Gasteiger charge is -2.20. The van der Waals surface area contributed by atoms with Crippen LogP contribution in [0.2, 0.25) is 0 Å². The van der Waals surface area contributed by atoms with Gasteiger partial charge in [0.15, 0.2) is 0 Å². The van der Waals surface area contributed by atoms with Crippen molar-refractivity contribution in [2.75, 3.05) is 19.6 Å². The van der Waals surface area contributed by atoms with Gasteiger partial charge in [0, 0.05) is 31.0 Å². The first-order chi connectivity index (χ1) is 7.58. The Bertz CT molecular complexity index is 277. The molecule has 0 saturated carbocycles. The van der Waals surface area contributed by atoms with Gasteiger partial charge in [-0.25, -0.2) is 0 Å². The SMILES string of the molecule is CC(C)(C)NCCNCCc1cccnc1. The Labute approximate surface area is 98.7 Å². The van der Waals surface area contributed by atoms with Crippen LogP contribution in [0.4, 0.5) is 0 Å². The van der Waals surface area contributed by atoms with Crippen LogP contribution in [0.15, 0.2) is 24.5 Å². The van der Waals surface area contributed by atoms with E-state index in [9.17, 15) is 0 Å². The Kier molecular flexibility index (Phi) is 5.43. The van der Waals surface area contributed by atoms with Crippen molar-refractivity contribution in [3.05, 3.63) is 30.1 Å². The summed E-state index contributed by atoms with van der Waals surface area (Å²) in [5.74, 6) is 0. The van der Waals surface area contributed by atoms with Crippen LogP contribution < -0.4 is 10.6 Å². The summed E-state index contributed by atoms with van der Waals surface area (Å²) in [4.78, 5) is 4.09. The maximum atomic E-state index is 4.09. The first-order valence-corrected chi connectivity index (χ1v) is 5.92. The number of rotatable bonds is 6. The van der Waals surface area contributed by atoms with Gasteiger partial charge < -0.3 is 10.6 Å². The number of hydrogen-bond acceptors (Lipinski definition) is 3. The molecule has 0 bridgehead atoms. The third-order valence-corrected chi connectivity index (χ3v) is 2.27. The summed E-state index contributed by atoms with van der Waals surface area (Å²) in [6, 6.07) is 4.10. The molecule has 1 aromatic heterocycles.